The maximum Gasteiger partial charge on any atom is 0.0754 e. The maximum atomic E-state index is 2.56. The molecule has 1 aromatic heterocycles. The molecular formula is C66H48N2. The predicted molar refractivity (Wildman–Crippen MR) is 284 cm³/mol. The number of nitrogens with zero attached hydrogens (tertiary/aromatic N) is 2. The van der Waals surface area contributed by atoms with E-state index in [2.05, 4.69) is 256 Å². The zero-order valence-electron chi connectivity index (χ0n) is 38.7. The van der Waals surface area contributed by atoms with Crippen LogP contribution < -0.4 is 4.90 Å². The van der Waals surface area contributed by atoms with E-state index < -0.39 is 5.41 Å². The molecule has 11 aromatic rings. The number of rotatable bonds is 5. The van der Waals surface area contributed by atoms with Gasteiger partial charge in [-0.05, 0) is 158 Å². The van der Waals surface area contributed by atoms with Crippen molar-refractivity contribution < 1.29 is 0 Å². The lowest BCUT2D eigenvalue weighted by Gasteiger charge is -2.40. The third-order valence-electron chi connectivity index (χ3n) is 15.7. The topological polar surface area (TPSA) is 8.17 Å². The van der Waals surface area contributed by atoms with Crippen LogP contribution in [-0.2, 0) is 10.8 Å². The molecule has 1 spiro atoms. The molecule has 0 amide bonds. The number of hydrogen-bond donors (Lipinski definition) is 0. The van der Waals surface area contributed by atoms with Crippen LogP contribution in [0, 0.1) is 13.8 Å². The number of fused-ring (bicyclic) bond motifs is 15. The number of benzene rings is 10. The highest BCUT2D eigenvalue weighted by Crippen LogP contribution is 2.62. The van der Waals surface area contributed by atoms with Crippen molar-refractivity contribution in [3.8, 4) is 50.2 Å². The summed E-state index contributed by atoms with van der Waals surface area (Å²) in [5, 5.41) is 2.63. The lowest BCUT2D eigenvalue weighted by Crippen LogP contribution is -2.33. The van der Waals surface area contributed by atoms with E-state index in [9.17, 15) is 0 Å². The molecule has 3 aliphatic rings. The van der Waals surface area contributed by atoms with Crippen molar-refractivity contribution in [1.29, 1.82) is 0 Å². The fourth-order valence-corrected chi connectivity index (χ4v) is 12.7. The second-order valence-corrected chi connectivity index (χ2v) is 19.8. The molecule has 2 heterocycles. The van der Waals surface area contributed by atoms with Gasteiger partial charge < -0.3 is 9.47 Å². The Kier molecular flexibility index (Phi) is 8.12. The van der Waals surface area contributed by atoms with E-state index in [-0.39, 0.29) is 5.41 Å². The van der Waals surface area contributed by atoms with Gasteiger partial charge in [0, 0.05) is 33.2 Å². The summed E-state index contributed by atoms with van der Waals surface area (Å²) in [6.45, 7) is 9.21. The van der Waals surface area contributed by atoms with E-state index in [1.807, 2.05) is 0 Å². The molecule has 2 aliphatic carbocycles. The Morgan fingerprint density at radius 3 is 1.68 bits per heavy atom. The van der Waals surface area contributed by atoms with E-state index in [0.29, 0.717) is 0 Å². The van der Waals surface area contributed by atoms with Crippen LogP contribution >= 0.6 is 0 Å². The van der Waals surface area contributed by atoms with Gasteiger partial charge in [0.15, 0.2) is 0 Å². The van der Waals surface area contributed by atoms with Crippen LogP contribution in [0.4, 0.5) is 17.1 Å². The van der Waals surface area contributed by atoms with Crippen LogP contribution in [-0.4, -0.2) is 4.57 Å². The first kappa shape index (κ1) is 39.0. The Bertz CT molecular complexity index is 3860. The molecule has 10 aromatic carbocycles. The molecule has 0 bridgehead atoms. The predicted octanol–water partition coefficient (Wildman–Crippen LogP) is 17.2. The van der Waals surface area contributed by atoms with Crippen molar-refractivity contribution in [3.63, 3.8) is 0 Å². The lowest BCUT2D eigenvalue weighted by molar-refractivity contribution is 0.660. The molecule has 0 saturated carbocycles. The van der Waals surface area contributed by atoms with Crippen LogP contribution in [0.2, 0.25) is 0 Å². The van der Waals surface area contributed by atoms with Gasteiger partial charge in [-0.2, -0.15) is 0 Å². The molecule has 2 nitrogen and oxygen atoms in total. The molecule has 322 valence electrons. The number of anilines is 3. The Morgan fingerprint density at radius 2 is 0.926 bits per heavy atom. The summed E-state index contributed by atoms with van der Waals surface area (Å²) in [7, 11) is 0. The summed E-state index contributed by atoms with van der Waals surface area (Å²) < 4.78 is 2.56. The summed E-state index contributed by atoms with van der Waals surface area (Å²) >= 11 is 0. The third kappa shape index (κ3) is 5.29. The fourth-order valence-electron chi connectivity index (χ4n) is 12.7. The normalized spacial score (nSPS) is 14.1. The van der Waals surface area contributed by atoms with Crippen LogP contribution in [0.25, 0.3) is 72.0 Å². The summed E-state index contributed by atoms with van der Waals surface area (Å²) in [5.74, 6) is 0. The SMILES string of the molecule is Cc1ccc2c(c1)c1cc(C)cc3c1n2-c1ccc(-c2ccc(N(c4cccc(-c5ccccc5)c4)c4ccc5c(c4)C(C)(C)c4ccccc4-5)cc2)cc1C31c2ccccc2-c2ccccc21. The average Bonchev–Trinajstić information content (AvgIpc) is 3.94. The van der Waals surface area contributed by atoms with Crippen molar-refractivity contribution in [1.82, 2.24) is 4.57 Å². The number of aryl methyl sites for hydroxylation is 2. The van der Waals surface area contributed by atoms with E-state index in [4.69, 9.17) is 0 Å². The first-order chi connectivity index (χ1) is 33.3. The Hall–Kier alpha value is -8.20. The summed E-state index contributed by atoms with van der Waals surface area (Å²) in [6.07, 6.45) is 0. The third-order valence-corrected chi connectivity index (χ3v) is 15.7. The summed E-state index contributed by atoms with van der Waals surface area (Å²) in [4.78, 5) is 2.44. The second-order valence-electron chi connectivity index (χ2n) is 19.8. The highest BCUT2D eigenvalue weighted by atomic mass is 15.1. The van der Waals surface area contributed by atoms with Gasteiger partial charge in [-0.1, -0.05) is 177 Å². The van der Waals surface area contributed by atoms with Crippen molar-refractivity contribution >= 4 is 38.9 Å². The van der Waals surface area contributed by atoms with Gasteiger partial charge in [-0.3, -0.25) is 0 Å². The van der Waals surface area contributed by atoms with Crippen LogP contribution in [0.5, 0.6) is 0 Å². The van der Waals surface area contributed by atoms with E-state index in [1.54, 1.807) is 0 Å². The average molecular weight is 869 g/mol. The number of aromatic nitrogens is 1. The molecule has 1 aliphatic heterocycles. The molecule has 0 radical (unpaired) electrons. The van der Waals surface area contributed by atoms with Gasteiger partial charge in [0.2, 0.25) is 0 Å². The Labute approximate surface area is 398 Å². The zero-order valence-corrected chi connectivity index (χ0v) is 38.7. The minimum Gasteiger partial charge on any atom is -0.310 e. The molecule has 0 saturated heterocycles. The van der Waals surface area contributed by atoms with Crippen molar-refractivity contribution in [3.05, 3.63) is 263 Å². The molecular weight excluding hydrogens is 821 g/mol. The molecule has 0 atom stereocenters. The largest absolute Gasteiger partial charge is 0.310 e. The minimum absolute atomic E-state index is 0.121. The van der Waals surface area contributed by atoms with Gasteiger partial charge >= 0.3 is 0 Å². The first-order valence-corrected chi connectivity index (χ1v) is 24.0. The second kappa shape index (κ2) is 14.2. The fraction of sp³-hybridized carbons (Fsp3) is 0.0909. The monoisotopic (exact) mass is 868 g/mol. The van der Waals surface area contributed by atoms with E-state index >= 15 is 0 Å². The maximum absolute atomic E-state index is 2.56. The van der Waals surface area contributed by atoms with Crippen LogP contribution in [0.3, 0.4) is 0 Å². The summed E-state index contributed by atoms with van der Waals surface area (Å²) in [6, 6.07) is 82.4. The first-order valence-electron chi connectivity index (χ1n) is 24.0. The highest BCUT2D eigenvalue weighted by molar-refractivity contribution is 6.13. The summed E-state index contributed by atoms with van der Waals surface area (Å²) in [5.41, 5.74) is 27.3. The van der Waals surface area contributed by atoms with Gasteiger partial charge in [0.1, 0.15) is 0 Å². The lowest BCUT2D eigenvalue weighted by atomic mass is 9.65. The van der Waals surface area contributed by atoms with E-state index in [0.717, 1.165) is 17.1 Å². The molecule has 0 fully saturated rings. The minimum atomic E-state index is -0.510. The quantitative estimate of drug-likeness (QED) is 0.167. The smallest absolute Gasteiger partial charge is 0.0754 e. The molecule has 0 unspecified atom stereocenters. The molecule has 68 heavy (non-hydrogen) atoms. The standard InChI is InChI=1S/C66H48N2/c1-41-25-33-62-54(35-41)55-36-42(2)37-61-64(55)68(62)63-34-28-46(39-60(63)66(61)57-23-12-9-20-51(57)52-21-10-13-24-58(52)66)44-26-29-47(30-27-44)67(48-18-14-17-45(38-48)43-15-6-5-7-16-43)49-31-32-53-50-19-8-11-22-56(50)65(3,4)59(53)40-49/h5-40H,1-4H3. The van der Waals surface area contributed by atoms with Crippen LogP contribution in [0.15, 0.2) is 218 Å². The van der Waals surface area contributed by atoms with E-state index in [1.165, 1.54) is 117 Å². The molecule has 14 rings (SSSR count). The zero-order chi connectivity index (χ0) is 45.5. The molecule has 0 N–H and O–H groups in total. The van der Waals surface area contributed by atoms with Crippen molar-refractivity contribution in [2.75, 3.05) is 4.90 Å². The van der Waals surface area contributed by atoms with Gasteiger partial charge in [-0.25, -0.2) is 0 Å². The Balaban J connectivity index is 0.962. The molecule has 2 heteroatoms. The van der Waals surface area contributed by atoms with Gasteiger partial charge in [0.25, 0.3) is 0 Å². The highest BCUT2D eigenvalue weighted by Gasteiger charge is 2.51. The van der Waals surface area contributed by atoms with Gasteiger partial charge in [-0.15, -0.1) is 0 Å². The van der Waals surface area contributed by atoms with Crippen LogP contribution in [0.1, 0.15) is 58.4 Å². The Morgan fingerprint density at radius 1 is 0.353 bits per heavy atom. The van der Waals surface area contributed by atoms with Crippen molar-refractivity contribution in [2.24, 2.45) is 0 Å². The van der Waals surface area contributed by atoms with Gasteiger partial charge in [0.05, 0.1) is 22.1 Å². The van der Waals surface area contributed by atoms with Crippen molar-refractivity contribution in [2.45, 2.75) is 38.5 Å². The number of hydrogen-bond acceptors (Lipinski definition) is 1.